The van der Waals surface area contributed by atoms with Crippen molar-refractivity contribution in [2.75, 3.05) is 22.5 Å². The maximum Gasteiger partial charge on any atom is 0.272 e. The summed E-state index contributed by atoms with van der Waals surface area (Å²) in [5, 5.41) is 5.43. The predicted octanol–water partition coefficient (Wildman–Crippen LogP) is 2.72. The number of nitrogen functional groups attached to an aromatic ring is 1. The Bertz CT molecular complexity index is 1350. The van der Waals surface area contributed by atoms with Gasteiger partial charge in [0, 0.05) is 30.3 Å². The van der Waals surface area contributed by atoms with Gasteiger partial charge < -0.3 is 21.3 Å². The number of nitrogens with one attached hydrogen (secondary N) is 2. The molecule has 0 radical (unpaired) electrons. The third-order valence-electron chi connectivity index (χ3n) is 5.90. The van der Waals surface area contributed by atoms with Crippen LogP contribution in [0.2, 0.25) is 0 Å². The molecule has 3 aromatic carbocycles. The monoisotopic (exact) mass is 453 g/mol. The maximum absolute atomic E-state index is 13.6. The Kier molecular flexibility index (Phi) is 5.33. The molecule has 0 fully saturated rings. The molecule has 1 atom stereocenters. The average Bonchev–Trinajstić information content (AvgIpc) is 3.20. The second-order valence-electron chi connectivity index (χ2n) is 8.26. The van der Waals surface area contributed by atoms with E-state index in [0.717, 1.165) is 22.4 Å². The van der Waals surface area contributed by atoms with E-state index in [4.69, 9.17) is 10.7 Å². The van der Waals surface area contributed by atoms with Crippen LogP contribution in [-0.2, 0) is 16.0 Å². The molecule has 0 spiro atoms. The Morgan fingerprint density at radius 1 is 1.06 bits per heavy atom. The van der Waals surface area contributed by atoms with Crippen molar-refractivity contribution >= 4 is 40.5 Å². The van der Waals surface area contributed by atoms with E-state index < -0.39 is 12.1 Å². The summed E-state index contributed by atoms with van der Waals surface area (Å²) in [4.78, 5) is 44.8. The Hall–Kier alpha value is -4.46. The second kappa shape index (κ2) is 8.47. The van der Waals surface area contributed by atoms with Gasteiger partial charge in [-0.25, -0.2) is 4.99 Å². The highest BCUT2D eigenvalue weighted by atomic mass is 16.2. The summed E-state index contributed by atoms with van der Waals surface area (Å²) >= 11 is 0. The number of aliphatic imine (C=N–C) groups is 1. The first kappa shape index (κ1) is 21.4. The van der Waals surface area contributed by atoms with Crippen LogP contribution < -0.4 is 21.3 Å². The number of carbonyl (C=O) groups is 3. The Morgan fingerprint density at radius 3 is 2.56 bits per heavy atom. The van der Waals surface area contributed by atoms with Crippen LogP contribution in [0.25, 0.3) is 0 Å². The van der Waals surface area contributed by atoms with Crippen molar-refractivity contribution in [3.05, 3.63) is 89.0 Å². The minimum Gasteiger partial charge on any atom is -0.399 e. The number of anilines is 3. The fourth-order valence-corrected chi connectivity index (χ4v) is 4.48. The summed E-state index contributed by atoms with van der Waals surface area (Å²) in [6.07, 6.45) is -0.472. The van der Waals surface area contributed by atoms with E-state index in [0.29, 0.717) is 30.1 Å². The van der Waals surface area contributed by atoms with Crippen molar-refractivity contribution in [1.29, 1.82) is 0 Å². The van der Waals surface area contributed by atoms with Crippen molar-refractivity contribution < 1.29 is 14.4 Å². The van der Waals surface area contributed by atoms with Gasteiger partial charge in [-0.05, 0) is 36.2 Å². The Balaban J connectivity index is 1.59. The smallest absolute Gasteiger partial charge is 0.272 e. The lowest BCUT2D eigenvalue weighted by Gasteiger charge is -2.21. The lowest BCUT2D eigenvalue weighted by molar-refractivity contribution is -0.120. The Morgan fingerprint density at radius 2 is 1.79 bits per heavy atom. The third-order valence-corrected chi connectivity index (χ3v) is 5.90. The molecule has 2 aliphatic heterocycles. The Labute approximate surface area is 196 Å². The molecule has 3 aromatic rings. The first-order valence-electron chi connectivity index (χ1n) is 11.0. The van der Waals surface area contributed by atoms with Crippen molar-refractivity contribution in [2.24, 2.45) is 4.99 Å². The van der Waals surface area contributed by atoms with Gasteiger partial charge >= 0.3 is 0 Å². The van der Waals surface area contributed by atoms with Crippen molar-refractivity contribution in [2.45, 2.75) is 19.5 Å². The summed E-state index contributed by atoms with van der Waals surface area (Å²) in [5.74, 6) is -1.13. The van der Waals surface area contributed by atoms with Crippen LogP contribution in [0.1, 0.15) is 34.0 Å². The number of carbonyl (C=O) groups excluding carboxylic acids is 3. The average molecular weight is 454 g/mol. The van der Waals surface area contributed by atoms with Gasteiger partial charge in [-0.2, -0.15) is 0 Å². The van der Waals surface area contributed by atoms with Crippen LogP contribution in [0.5, 0.6) is 0 Å². The standard InChI is InChI=1S/C26H23N5O3/c1-15(32)28-21-10-6-5-9-19(21)25(33)30-24-26(34)31-12-11-17-13-18(27)14-20(23(17)31)22(29-24)16-7-3-2-4-8-16/h2-10,13-14,24H,11-12,27H2,1H3,(H,28,32)(H,30,33). The quantitative estimate of drug-likeness (QED) is 0.527. The summed E-state index contributed by atoms with van der Waals surface area (Å²) in [6, 6.07) is 19.9. The minimum absolute atomic E-state index is 0.245. The van der Waals surface area contributed by atoms with Crippen molar-refractivity contribution in [1.82, 2.24) is 5.32 Å². The number of rotatable bonds is 4. The minimum atomic E-state index is -1.15. The largest absolute Gasteiger partial charge is 0.399 e. The molecule has 1 unspecified atom stereocenters. The molecule has 0 aromatic heterocycles. The van der Waals surface area contributed by atoms with Crippen LogP contribution in [0.15, 0.2) is 71.7 Å². The molecule has 0 aliphatic carbocycles. The molecule has 5 rings (SSSR count). The predicted molar refractivity (Wildman–Crippen MR) is 131 cm³/mol. The van der Waals surface area contributed by atoms with E-state index in [1.807, 2.05) is 42.5 Å². The van der Waals surface area contributed by atoms with Gasteiger partial charge in [0.2, 0.25) is 12.1 Å². The van der Waals surface area contributed by atoms with E-state index in [1.165, 1.54) is 6.92 Å². The zero-order valence-corrected chi connectivity index (χ0v) is 18.5. The highest BCUT2D eigenvalue weighted by Gasteiger charge is 2.37. The first-order chi connectivity index (χ1) is 16.4. The normalized spacial score (nSPS) is 16.4. The number of nitrogens with zero attached hydrogens (tertiary/aromatic N) is 2. The first-order valence-corrected chi connectivity index (χ1v) is 11.0. The molecule has 34 heavy (non-hydrogen) atoms. The summed E-state index contributed by atoms with van der Waals surface area (Å²) in [6.45, 7) is 1.85. The zero-order valence-electron chi connectivity index (χ0n) is 18.5. The van der Waals surface area contributed by atoms with E-state index in [-0.39, 0.29) is 17.4 Å². The lowest BCUT2D eigenvalue weighted by Crippen LogP contribution is -2.47. The van der Waals surface area contributed by atoms with Gasteiger partial charge in [0.25, 0.3) is 11.8 Å². The van der Waals surface area contributed by atoms with E-state index >= 15 is 0 Å². The summed E-state index contributed by atoms with van der Waals surface area (Å²) in [7, 11) is 0. The highest BCUT2D eigenvalue weighted by Crippen LogP contribution is 2.38. The molecule has 0 bridgehead atoms. The van der Waals surface area contributed by atoms with Crippen LogP contribution in [-0.4, -0.2) is 36.1 Å². The van der Waals surface area contributed by atoms with Crippen LogP contribution in [0, 0.1) is 0 Å². The number of hydrogen-bond donors (Lipinski definition) is 3. The molecule has 8 heteroatoms. The van der Waals surface area contributed by atoms with Crippen LogP contribution in [0.3, 0.4) is 0 Å². The molecular formula is C26H23N5O3. The molecular weight excluding hydrogens is 430 g/mol. The van der Waals surface area contributed by atoms with Gasteiger partial charge in [0.1, 0.15) is 0 Å². The number of amides is 3. The van der Waals surface area contributed by atoms with Gasteiger partial charge in [0.15, 0.2) is 0 Å². The van der Waals surface area contributed by atoms with Crippen molar-refractivity contribution in [3.8, 4) is 0 Å². The fraction of sp³-hybridized carbons (Fsp3) is 0.154. The van der Waals surface area contributed by atoms with Gasteiger partial charge in [-0.1, -0.05) is 42.5 Å². The number of hydrogen-bond acceptors (Lipinski definition) is 5. The molecule has 2 heterocycles. The highest BCUT2D eigenvalue weighted by molar-refractivity contribution is 6.21. The molecule has 170 valence electrons. The number of nitrogens with two attached hydrogens (primary N) is 1. The SMILES string of the molecule is CC(=O)Nc1ccccc1C(=O)NC1N=C(c2ccccc2)c2cc(N)cc3c2N(CC3)C1=O. The van der Waals surface area contributed by atoms with E-state index in [1.54, 1.807) is 29.2 Å². The van der Waals surface area contributed by atoms with Crippen molar-refractivity contribution in [3.63, 3.8) is 0 Å². The van der Waals surface area contributed by atoms with Gasteiger partial charge in [0.05, 0.1) is 22.6 Å². The van der Waals surface area contributed by atoms with Gasteiger partial charge in [-0.3, -0.25) is 14.4 Å². The number of para-hydroxylation sites is 1. The number of benzene rings is 3. The fourth-order valence-electron chi connectivity index (χ4n) is 4.48. The van der Waals surface area contributed by atoms with Crippen LogP contribution in [0.4, 0.5) is 17.1 Å². The van der Waals surface area contributed by atoms with Gasteiger partial charge in [-0.15, -0.1) is 0 Å². The van der Waals surface area contributed by atoms with Crippen LogP contribution >= 0.6 is 0 Å². The third kappa shape index (κ3) is 3.79. The summed E-state index contributed by atoms with van der Waals surface area (Å²) in [5.41, 5.74) is 11.3. The maximum atomic E-state index is 13.6. The lowest BCUT2D eigenvalue weighted by atomic mass is 9.97. The van der Waals surface area contributed by atoms with E-state index in [9.17, 15) is 14.4 Å². The molecule has 2 aliphatic rings. The molecule has 0 saturated heterocycles. The summed E-state index contributed by atoms with van der Waals surface area (Å²) < 4.78 is 0. The molecule has 0 saturated carbocycles. The second-order valence-corrected chi connectivity index (χ2v) is 8.26. The molecule has 3 amide bonds. The van der Waals surface area contributed by atoms with E-state index in [2.05, 4.69) is 10.6 Å². The zero-order chi connectivity index (χ0) is 23.8. The molecule has 8 nitrogen and oxygen atoms in total. The molecule has 4 N–H and O–H groups in total. The topological polar surface area (TPSA) is 117 Å².